The van der Waals surface area contributed by atoms with E-state index in [1.807, 2.05) is 6.07 Å². The summed E-state index contributed by atoms with van der Waals surface area (Å²) >= 11 is 6.02. The Hall–Kier alpha value is -2.71. The normalized spacial score (nSPS) is 11.2. The lowest BCUT2D eigenvalue weighted by atomic mass is 10.2. The Morgan fingerprint density at radius 2 is 2.00 bits per heavy atom. The number of para-hydroxylation sites is 1. The molecule has 0 saturated heterocycles. The van der Waals surface area contributed by atoms with E-state index in [9.17, 15) is 4.79 Å². The molecule has 0 aliphatic rings. The number of halogens is 1. The molecule has 1 amide bonds. The number of nitrogens with one attached hydrogen (secondary N) is 1. The van der Waals surface area contributed by atoms with Crippen LogP contribution in [0.3, 0.4) is 0 Å². The number of anilines is 1. The topological polar surface area (TPSA) is 71.3 Å². The van der Waals surface area contributed by atoms with Gasteiger partial charge in [-0.15, -0.1) is 0 Å². The van der Waals surface area contributed by atoms with Crippen molar-refractivity contribution in [3.63, 3.8) is 0 Å². The summed E-state index contributed by atoms with van der Waals surface area (Å²) in [5.41, 5.74) is 0.907. The molecule has 0 aliphatic carbocycles. The van der Waals surface area contributed by atoms with E-state index in [-0.39, 0.29) is 5.91 Å². The van der Waals surface area contributed by atoms with Crippen molar-refractivity contribution in [3.05, 3.63) is 53.1 Å². The summed E-state index contributed by atoms with van der Waals surface area (Å²) < 4.78 is 10.6. The van der Waals surface area contributed by atoms with Gasteiger partial charge >= 0.3 is 0 Å². The number of carbonyl (C=O) groups excluding carboxylic acids is 1. The van der Waals surface area contributed by atoms with Gasteiger partial charge in [-0.05, 0) is 37.3 Å². The second-order valence-electron chi connectivity index (χ2n) is 4.71. The number of methoxy groups -OCH3 is 1. The lowest BCUT2D eigenvalue weighted by Crippen LogP contribution is -2.30. The van der Waals surface area contributed by atoms with Crippen LogP contribution in [0, 0.1) is 11.3 Å². The number of amides is 1. The van der Waals surface area contributed by atoms with Crippen LogP contribution in [0.15, 0.2) is 42.5 Å². The molecule has 1 N–H and O–H groups in total. The highest BCUT2D eigenvalue weighted by Crippen LogP contribution is 2.27. The van der Waals surface area contributed by atoms with Crippen molar-refractivity contribution >= 4 is 23.2 Å². The molecule has 0 bridgehead atoms. The van der Waals surface area contributed by atoms with E-state index in [0.29, 0.717) is 27.8 Å². The third-order valence-corrected chi connectivity index (χ3v) is 3.40. The maximum Gasteiger partial charge on any atom is 0.265 e. The van der Waals surface area contributed by atoms with Gasteiger partial charge in [-0.1, -0.05) is 23.7 Å². The summed E-state index contributed by atoms with van der Waals surface area (Å²) in [6.45, 7) is 1.61. The summed E-state index contributed by atoms with van der Waals surface area (Å²) in [5.74, 6) is 0.543. The number of carbonyl (C=O) groups is 1. The second kappa shape index (κ2) is 7.52. The number of ether oxygens (including phenoxy) is 2. The molecule has 118 valence electrons. The Morgan fingerprint density at radius 3 is 2.65 bits per heavy atom. The fraction of sp³-hybridized carbons (Fsp3) is 0.176. The molecule has 0 radical (unpaired) electrons. The highest BCUT2D eigenvalue weighted by molar-refractivity contribution is 6.32. The number of nitrogens with zero attached hydrogens (tertiary/aromatic N) is 1. The molecule has 0 heterocycles. The molecule has 0 aliphatic heterocycles. The molecular weight excluding hydrogens is 316 g/mol. The molecule has 0 fully saturated rings. The summed E-state index contributed by atoms with van der Waals surface area (Å²) in [7, 11) is 1.52. The summed E-state index contributed by atoms with van der Waals surface area (Å²) in [6, 6.07) is 13.7. The van der Waals surface area contributed by atoms with Crippen molar-refractivity contribution in [1.29, 1.82) is 5.26 Å². The highest BCUT2D eigenvalue weighted by atomic mass is 35.5. The molecule has 0 aromatic heterocycles. The predicted octanol–water partition coefficient (Wildman–Crippen LogP) is 3.63. The summed E-state index contributed by atoms with van der Waals surface area (Å²) in [6.07, 6.45) is -0.773. The van der Waals surface area contributed by atoms with Crippen molar-refractivity contribution in [3.8, 4) is 17.6 Å². The Kier molecular flexibility index (Phi) is 5.45. The standard InChI is InChI=1S/C17H15ClN2O3/c1-11(23-15-6-4-3-5-12(15)10-19)17(21)20-13-7-8-16(22-2)14(18)9-13/h3-9,11H,1-2H3,(H,20,21). The van der Waals surface area contributed by atoms with Crippen LogP contribution in [-0.2, 0) is 4.79 Å². The van der Waals surface area contributed by atoms with Gasteiger partial charge in [0.1, 0.15) is 17.6 Å². The SMILES string of the molecule is COc1ccc(NC(=O)C(C)Oc2ccccc2C#N)cc1Cl. The van der Waals surface area contributed by atoms with E-state index in [4.69, 9.17) is 26.3 Å². The zero-order chi connectivity index (χ0) is 16.8. The van der Waals surface area contributed by atoms with Crippen molar-refractivity contribution in [1.82, 2.24) is 0 Å². The number of nitriles is 1. The Morgan fingerprint density at radius 1 is 1.26 bits per heavy atom. The van der Waals surface area contributed by atoms with Crippen LogP contribution < -0.4 is 14.8 Å². The van der Waals surface area contributed by atoms with Gasteiger partial charge in [0.15, 0.2) is 6.10 Å². The zero-order valence-electron chi connectivity index (χ0n) is 12.7. The van der Waals surface area contributed by atoms with Gasteiger partial charge in [-0.3, -0.25) is 4.79 Å². The van der Waals surface area contributed by atoms with E-state index in [2.05, 4.69) is 5.32 Å². The van der Waals surface area contributed by atoms with Crippen LogP contribution in [-0.4, -0.2) is 19.1 Å². The maximum absolute atomic E-state index is 12.2. The number of benzene rings is 2. The molecule has 2 aromatic carbocycles. The van der Waals surface area contributed by atoms with Crippen LogP contribution in [0.4, 0.5) is 5.69 Å². The van der Waals surface area contributed by atoms with E-state index in [1.165, 1.54) is 7.11 Å². The van der Waals surface area contributed by atoms with E-state index >= 15 is 0 Å². The van der Waals surface area contributed by atoms with E-state index < -0.39 is 6.10 Å². The van der Waals surface area contributed by atoms with Crippen LogP contribution in [0.25, 0.3) is 0 Å². The van der Waals surface area contributed by atoms with Gasteiger partial charge in [-0.2, -0.15) is 5.26 Å². The predicted molar refractivity (Wildman–Crippen MR) is 87.9 cm³/mol. The van der Waals surface area contributed by atoms with Gasteiger partial charge in [-0.25, -0.2) is 0 Å². The smallest absolute Gasteiger partial charge is 0.265 e. The lowest BCUT2D eigenvalue weighted by molar-refractivity contribution is -0.122. The Balaban J connectivity index is 2.06. The highest BCUT2D eigenvalue weighted by Gasteiger charge is 2.17. The van der Waals surface area contributed by atoms with Crippen molar-refractivity contribution in [2.45, 2.75) is 13.0 Å². The molecular formula is C17H15ClN2O3. The third kappa shape index (κ3) is 4.15. The Labute approximate surface area is 139 Å². The molecule has 5 nitrogen and oxygen atoms in total. The molecule has 23 heavy (non-hydrogen) atoms. The molecule has 0 saturated carbocycles. The second-order valence-corrected chi connectivity index (χ2v) is 5.11. The summed E-state index contributed by atoms with van der Waals surface area (Å²) in [4.78, 5) is 12.2. The van der Waals surface area contributed by atoms with Gasteiger partial charge in [0, 0.05) is 5.69 Å². The molecule has 2 rings (SSSR count). The van der Waals surface area contributed by atoms with Crippen molar-refractivity contribution in [2.24, 2.45) is 0 Å². The first kappa shape index (κ1) is 16.7. The Bertz CT molecular complexity index is 756. The van der Waals surface area contributed by atoms with Crippen LogP contribution in [0.2, 0.25) is 5.02 Å². The number of rotatable bonds is 5. The number of hydrogen-bond acceptors (Lipinski definition) is 4. The van der Waals surface area contributed by atoms with Crippen molar-refractivity contribution in [2.75, 3.05) is 12.4 Å². The summed E-state index contributed by atoms with van der Waals surface area (Å²) in [5, 5.41) is 12.1. The monoisotopic (exact) mass is 330 g/mol. The molecule has 1 unspecified atom stereocenters. The molecule has 0 spiro atoms. The molecule has 2 aromatic rings. The quantitative estimate of drug-likeness (QED) is 0.908. The average molecular weight is 331 g/mol. The fourth-order valence-corrected chi connectivity index (χ4v) is 2.15. The molecule has 6 heteroatoms. The first-order valence-corrected chi connectivity index (χ1v) is 7.23. The first-order valence-electron chi connectivity index (χ1n) is 6.85. The minimum atomic E-state index is -0.773. The number of hydrogen-bond donors (Lipinski definition) is 1. The van der Waals surface area contributed by atoms with Crippen LogP contribution in [0.1, 0.15) is 12.5 Å². The third-order valence-electron chi connectivity index (χ3n) is 3.10. The fourth-order valence-electron chi connectivity index (χ4n) is 1.89. The average Bonchev–Trinajstić information content (AvgIpc) is 2.55. The maximum atomic E-state index is 12.2. The van der Waals surface area contributed by atoms with Gasteiger partial charge in [0.2, 0.25) is 0 Å². The van der Waals surface area contributed by atoms with Gasteiger partial charge < -0.3 is 14.8 Å². The van der Waals surface area contributed by atoms with Gasteiger partial charge in [0.05, 0.1) is 17.7 Å². The largest absolute Gasteiger partial charge is 0.495 e. The van der Waals surface area contributed by atoms with E-state index in [1.54, 1.807) is 49.4 Å². The molecule has 1 atom stereocenters. The van der Waals surface area contributed by atoms with Gasteiger partial charge in [0.25, 0.3) is 5.91 Å². The minimum Gasteiger partial charge on any atom is -0.495 e. The lowest BCUT2D eigenvalue weighted by Gasteiger charge is -2.16. The van der Waals surface area contributed by atoms with Crippen molar-refractivity contribution < 1.29 is 14.3 Å². The van der Waals surface area contributed by atoms with E-state index in [0.717, 1.165) is 0 Å². The van der Waals surface area contributed by atoms with Crippen LogP contribution >= 0.6 is 11.6 Å². The minimum absolute atomic E-state index is 0.348. The van der Waals surface area contributed by atoms with Crippen LogP contribution in [0.5, 0.6) is 11.5 Å². The first-order chi connectivity index (χ1) is 11.0. The zero-order valence-corrected chi connectivity index (χ0v) is 13.4.